The van der Waals surface area contributed by atoms with Crippen molar-refractivity contribution in [2.75, 3.05) is 5.75 Å². The second-order valence-electron chi connectivity index (χ2n) is 3.74. The fraction of sp³-hybridized carbons (Fsp3) is 0.154. The molecule has 0 saturated heterocycles. The number of rotatable bonds is 2. The van der Waals surface area contributed by atoms with Crippen LogP contribution in [0.15, 0.2) is 46.7 Å². The zero-order valence-corrected chi connectivity index (χ0v) is 10.2. The van der Waals surface area contributed by atoms with Crippen LogP contribution in [-0.4, -0.2) is 11.5 Å². The summed E-state index contributed by atoms with van der Waals surface area (Å²) in [6.45, 7) is 0. The highest BCUT2D eigenvalue weighted by Gasteiger charge is 2.29. The van der Waals surface area contributed by atoms with Crippen molar-refractivity contribution in [2.45, 2.75) is 10.8 Å². The van der Waals surface area contributed by atoms with E-state index in [0.29, 0.717) is 0 Å². The Bertz CT molecular complexity index is 516. The van der Waals surface area contributed by atoms with Crippen LogP contribution in [0.3, 0.4) is 0 Å². The Morgan fingerprint density at radius 2 is 2.06 bits per heavy atom. The molecule has 1 aliphatic rings. The highest BCUT2D eigenvalue weighted by atomic mass is 32.2. The lowest BCUT2D eigenvalue weighted by molar-refractivity contribution is 0.0972. The molecular weight excluding hydrogens is 236 g/mol. The molecule has 1 aromatic carbocycles. The molecule has 1 nitrogen and oxygen atoms in total. The number of Topliss-reactive ketones (excluding diaryl/α,β-unsaturated/α-hetero) is 1. The highest BCUT2D eigenvalue weighted by molar-refractivity contribution is 7.99. The highest BCUT2D eigenvalue weighted by Crippen LogP contribution is 2.41. The molecule has 1 unspecified atom stereocenters. The Balaban J connectivity index is 1.96. The smallest absolute Gasteiger partial charge is 0.181 e. The Morgan fingerprint density at radius 3 is 2.88 bits per heavy atom. The van der Waals surface area contributed by atoms with Gasteiger partial charge in [-0.2, -0.15) is 0 Å². The molecule has 3 heteroatoms. The van der Waals surface area contributed by atoms with Gasteiger partial charge in [0, 0.05) is 10.6 Å². The van der Waals surface area contributed by atoms with Gasteiger partial charge in [0.25, 0.3) is 0 Å². The minimum atomic E-state index is 0.0554. The quantitative estimate of drug-likeness (QED) is 0.749. The standard InChI is InChI=1S/C13H10OS2/c14-13(12-6-3-7-15-12)10-8-16-11-5-2-1-4-9(10)11/h1-7,10H,8H2. The number of hydrogen-bond acceptors (Lipinski definition) is 3. The molecule has 80 valence electrons. The maximum Gasteiger partial charge on any atom is 0.181 e. The van der Waals surface area contributed by atoms with Gasteiger partial charge in [-0.15, -0.1) is 23.1 Å². The molecule has 2 aromatic rings. The van der Waals surface area contributed by atoms with E-state index < -0.39 is 0 Å². The van der Waals surface area contributed by atoms with E-state index in [4.69, 9.17) is 0 Å². The molecule has 0 spiro atoms. The number of benzene rings is 1. The molecule has 16 heavy (non-hydrogen) atoms. The maximum atomic E-state index is 12.3. The Morgan fingerprint density at radius 1 is 1.19 bits per heavy atom. The van der Waals surface area contributed by atoms with E-state index in [2.05, 4.69) is 12.1 Å². The van der Waals surface area contributed by atoms with Crippen LogP contribution < -0.4 is 0 Å². The molecule has 0 fully saturated rings. The van der Waals surface area contributed by atoms with Crippen molar-refractivity contribution >= 4 is 28.9 Å². The summed E-state index contributed by atoms with van der Waals surface area (Å²) >= 11 is 3.32. The van der Waals surface area contributed by atoms with Crippen LogP contribution in [0.5, 0.6) is 0 Å². The number of ketones is 1. The van der Waals surface area contributed by atoms with E-state index in [1.165, 1.54) is 21.8 Å². The molecule has 0 bridgehead atoms. The molecular formula is C13H10OS2. The van der Waals surface area contributed by atoms with Crippen LogP contribution in [0.2, 0.25) is 0 Å². The van der Waals surface area contributed by atoms with Crippen LogP contribution in [0, 0.1) is 0 Å². The summed E-state index contributed by atoms with van der Waals surface area (Å²) in [5.74, 6) is 1.21. The van der Waals surface area contributed by atoms with E-state index in [0.717, 1.165) is 10.6 Å². The molecule has 0 aliphatic carbocycles. The van der Waals surface area contributed by atoms with E-state index in [1.807, 2.05) is 29.6 Å². The summed E-state index contributed by atoms with van der Waals surface area (Å²) in [7, 11) is 0. The van der Waals surface area contributed by atoms with Crippen LogP contribution in [0.25, 0.3) is 0 Å². The fourth-order valence-corrected chi connectivity index (χ4v) is 3.92. The van der Waals surface area contributed by atoms with Crippen LogP contribution in [0.4, 0.5) is 0 Å². The fourth-order valence-electron chi connectivity index (χ4n) is 1.97. The first-order valence-electron chi connectivity index (χ1n) is 5.16. The van der Waals surface area contributed by atoms with Gasteiger partial charge in [-0.05, 0) is 23.1 Å². The summed E-state index contributed by atoms with van der Waals surface area (Å²) in [4.78, 5) is 14.4. The normalized spacial score (nSPS) is 18.4. The summed E-state index contributed by atoms with van der Waals surface area (Å²) in [6.07, 6.45) is 0. The third-order valence-electron chi connectivity index (χ3n) is 2.78. The van der Waals surface area contributed by atoms with Crippen LogP contribution in [0.1, 0.15) is 21.2 Å². The van der Waals surface area contributed by atoms with Gasteiger partial charge in [0.15, 0.2) is 5.78 Å². The first kappa shape index (κ1) is 10.1. The number of carbonyl (C=O) groups excluding carboxylic acids is 1. The molecule has 1 atom stereocenters. The molecule has 0 N–H and O–H groups in total. The van der Waals surface area contributed by atoms with E-state index >= 15 is 0 Å². The monoisotopic (exact) mass is 246 g/mol. The maximum absolute atomic E-state index is 12.3. The largest absolute Gasteiger partial charge is 0.293 e. The second kappa shape index (κ2) is 4.07. The Kier molecular flexibility index (Phi) is 2.58. The molecule has 0 radical (unpaired) electrons. The topological polar surface area (TPSA) is 17.1 Å². The average Bonchev–Trinajstić information content (AvgIpc) is 2.98. The average molecular weight is 246 g/mol. The van der Waals surface area contributed by atoms with E-state index in [1.54, 1.807) is 11.8 Å². The Labute approximate surface area is 103 Å². The van der Waals surface area contributed by atoms with Crippen molar-refractivity contribution in [2.24, 2.45) is 0 Å². The molecule has 1 aromatic heterocycles. The number of fused-ring (bicyclic) bond motifs is 1. The predicted molar refractivity (Wildman–Crippen MR) is 68.6 cm³/mol. The van der Waals surface area contributed by atoms with Crippen molar-refractivity contribution in [3.8, 4) is 0 Å². The summed E-state index contributed by atoms with van der Waals surface area (Å²) in [5.41, 5.74) is 1.20. The van der Waals surface area contributed by atoms with E-state index in [9.17, 15) is 4.79 Å². The number of hydrogen-bond donors (Lipinski definition) is 0. The zero-order valence-electron chi connectivity index (χ0n) is 8.55. The van der Waals surface area contributed by atoms with Gasteiger partial charge < -0.3 is 0 Å². The van der Waals surface area contributed by atoms with Crippen molar-refractivity contribution in [3.05, 3.63) is 52.2 Å². The summed E-state index contributed by atoms with van der Waals surface area (Å²) in [5, 5.41) is 1.96. The van der Waals surface area contributed by atoms with Gasteiger partial charge in [-0.25, -0.2) is 0 Å². The van der Waals surface area contributed by atoms with Crippen LogP contribution in [-0.2, 0) is 0 Å². The van der Waals surface area contributed by atoms with Gasteiger partial charge in [0.1, 0.15) is 0 Å². The van der Waals surface area contributed by atoms with Crippen molar-refractivity contribution in [3.63, 3.8) is 0 Å². The molecule has 1 aliphatic heterocycles. The van der Waals surface area contributed by atoms with Gasteiger partial charge in [0.2, 0.25) is 0 Å². The van der Waals surface area contributed by atoms with Crippen molar-refractivity contribution < 1.29 is 4.79 Å². The minimum absolute atomic E-state index is 0.0554. The zero-order chi connectivity index (χ0) is 11.0. The SMILES string of the molecule is O=C(c1cccs1)C1CSc2ccccc21. The van der Waals surface area contributed by atoms with E-state index in [-0.39, 0.29) is 11.7 Å². The minimum Gasteiger partial charge on any atom is -0.293 e. The Hall–Kier alpha value is -1.06. The van der Waals surface area contributed by atoms with Crippen molar-refractivity contribution in [1.29, 1.82) is 0 Å². The predicted octanol–water partition coefficient (Wildman–Crippen LogP) is 3.82. The summed E-state index contributed by atoms with van der Waals surface area (Å²) in [6, 6.07) is 12.1. The van der Waals surface area contributed by atoms with Gasteiger partial charge >= 0.3 is 0 Å². The first-order valence-corrected chi connectivity index (χ1v) is 7.02. The third kappa shape index (κ3) is 1.60. The van der Waals surface area contributed by atoms with Gasteiger partial charge in [-0.1, -0.05) is 24.3 Å². The third-order valence-corrected chi connectivity index (χ3v) is 4.85. The lowest BCUT2D eigenvalue weighted by Crippen LogP contribution is -2.10. The number of thiophene rings is 1. The first-order chi connectivity index (χ1) is 7.86. The van der Waals surface area contributed by atoms with Crippen molar-refractivity contribution in [1.82, 2.24) is 0 Å². The molecule has 0 saturated carbocycles. The van der Waals surface area contributed by atoms with Gasteiger partial charge in [-0.3, -0.25) is 4.79 Å². The number of thioether (sulfide) groups is 1. The lowest BCUT2D eigenvalue weighted by atomic mass is 9.96. The van der Waals surface area contributed by atoms with Crippen LogP contribution >= 0.6 is 23.1 Å². The molecule has 0 amide bonds. The molecule has 2 heterocycles. The number of carbonyl (C=O) groups is 1. The second-order valence-corrected chi connectivity index (χ2v) is 5.75. The lowest BCUT2D eigenvalue weighted by Gasteiger charge is -2.07. The summed E-state index contributed by atoms with van der Waals surface area (Å²) < 4.78 is 0. The molecule has 3 rings (SSSR count). The van der Waals surface area contributed by atoms with Gasteiger partial charge in [0.05, 0.1) is 10.8 Å².